The smallest absolute Gasteiger partial charge is 0.356 e. The zero-order valence-electron chi connectivity index (χ0n) is 9.24. The van der Waals surface area contributed by atoms with Crippen LogP contribution in [0.25, 0.3) is 0 Å². The van der Waals surface area contributed by atoms with E-state index in [0.29, 0.717) is 18.2 Å². The Kier molecular flexibility index (Phi) is 4.68. The first-order valence-electron chi connectivity index (χ1n) is 4.98. The van der Waals surface area contributed by atoms with E-state index >= 15 is 0 Å². The zero-order valence-corrected chi connectivity index (χ0v) is 10.1. The molecule has 0 amide bonds. The van der Waals surface area contributed by atoms with Crippen LogP contribution in [0.1, 0.15) is 31.3 Å². The van der Waals surface area contributed by atoms with Crippen molar-refractivity contribution in [1.82, 2.24) is 9.97 Å². The normalized spacial score (nSPS) is 10.7. The van der Waals surface area contributed by atoms with Crippen molar-refractivity contribution in [3.8, 4) is 0 Å². The number of hydrogen-bond donors (Lipinski definition) is 1. The van der Waals surface area contributed by atoms with Crippen molar-refractivity contribution in [2.75, 3.05) is 12.4 Å². The number of carbonyl (C=O) groups excluding carboxylic acids is 1. The first-order valence-corrected chi connectivity index (χ1v) is 5.97. The minimum absolute atomic E-state index is 0.346. The van der Waals surface area contributed by atoms with E-state index in [1.807, 2.05) is 0 Å². The Morgan fingerprint density at radius 1 is 1.67 bits per heavy atom. The number of aromatic amines is 1. The number of rotatable bonds is 5. The van der Waals surface area contributed by atoms with Gasteiger partial charge in [-0.3, -0.25) is 0 Å². The van der Waals surface area contributed by atoms with Gasteiger partial charge < -0.3 is 9.72 Å². The molecule has 1 N–H and O–H groups in total. The zero-order chi connectivity index (χ0) is 11.3. The molecule has 1 rings (SSSR count). The van der Waals surface area contributed by atoms with E-state index in [2.05, 4.69) is 23.8 Å². The van der Waals surface area contributed by atoms with Crippen molar-refractivity contribution in [3.63, 3.8) is 0 Å². The Morgan fingerprint density at radius 3 is 3.00 bits per heavy atom. The fourth-order valence-electron chi connectivity index (χ4n) is 0.934. The van der Waals surface area contributed by atoms with E-state index in [-0.39, 0.29) is 5.97 Å². The molecule has 0 radical (unpaired) electrons. The van der Waals surface area contributed by atoms with Gasteiger partial charge in [0.25, 0.3) is 0 Å². The Bertz CT molecular complexity index is 323. The molecular weight excluding hydrogens is 212 g/mol. The van der Waals surface area contributed by atoms with Crippen molar-refractivity contribution in [2.45, 2.75) is 25.9 Å². The lowest BCUT2D eigenvalue weighted by atomic mass is 10.3. The third kappa shape index (κ3) is 3.95. The highest BCUT2D eigenvalue weighted by Gasteiger charge is 2.10. The highest BCUT2D eigenvalue weighted by Crippen LogP contribution is 2.17. The standard InChI is InChI=1S/C10H16N2O2S/c1-4-14-9(13)8-5-11-10(12-8)15-6-7(2)3/h5,7H,4,6H2,1-3H3,(H,11,12). The first-order chi connectivity index (χ1) is 7.13. The first kappa shape index (κ1) is 12.1. The van der Waals surface area contributed by atoms with Gasteiger partial charge in [0.2, 0.25) is 0 Å². The molecule has 0 saturated heterocycles. The SMILES string of the molecule is CCOC(=O)c1cnc(SCC(C)C)[nH]1. The topological polar surface area (TPSA) is 55.0 Å². The van der Waals surface area contributed by atoms with Crippen LogP contribution in [-0.4, -0.2) is 28.3 Å². The highest BCUT2D eigenvalue weighted by atomic mass is 32.2. The van der Waals surface area contributed by atoms with E-state index < -0.39 is 0 Å². The second-order valence-corrected chi connectivity index (χ2v) is 4.54. The summed E-state index contributed by atoms with van der Waals surface area (Å²) in [6, 6.07) is 0. The second-order valence-electron chi connectivity index (χ2n) is 3.53. The van der Waals surface area contributed by atoms with Crippen LogP contribution in [0.5, 0.6) is 0 Å². The van der Waals surface area contributed by atoms with E-state index in [1.54, 1.807) is 18.7 Å². The summed E-state index contributed by atoms with van der Waals surface area (Å²) in [6.07, 6.45) is 1.51. The Hall–Kier alpha value is -0.970. The number of thioether (sulfide) groups is 1. The quantitative estimate of drug-likeness (QED) is 0.621. The monoisotopic (exact) mass is 228 g/mol. The highest BCUT2D eigenvalue weighted by molar-refractivity contribution is 7.99. The van der Waals surface area contributed by atoms with Gasteiger partial charge in [-0.2, -0.15) is 0 Å². The summed E-state index contributed by atoms with van der Waals surface area (Å²) in [4.78, 5) is 18.3. The summed E-state index contributed by atoms with van der Waals surface area (Å²) in [5.41, 5.74) is 0.420. The van der Waals surface area contributed by atoms with Crippen LogP contribution in [0.15, 0.2) is 11.4 Å². The maximum atomic E-state index is 11.3. The van der Waals surface area contributed by atoms with E-state index in [4.69, 9.17) is 4.74 Å². The third-order valence-electron chi connectivity index (χ3n) is 1.60. The van der Waals surface area contributed by atoms with Crippen LogP contribution in [0.2, 0.25) is 0 Å². The molecule has 0 spiro atoms. The Balaban J connectivity index is 2.52. The summed E-state index contributed by atoms with van der Waals surface area (Å²) in [5, 5.41) is 0.770. The van der Waals surface area contributed by atoms with Gasteiger partial charge in [-0.1, -0.05) is 25.6 Å². The lowest BCUT2D eigenvalue weighted by Gasteiger charge is -2.00. The van der Waals surface area contributed by atoms with Crippen LogP contribution in [0.3, 0.4) is 0 Å². The van der Waals surface area contributed by atoms with E-state index in [9.17, 15) is 4.79 Å². The lowest BCUT2D eigenvalue weighted by molar-refractivity contribution is 0.0519. The molecule has 0 aliphatic heterocycles. The van der Waals surface area contributed by atoms with E-state index in [0.717, 1.165) is 10.9 Å². The van der Waals surface area contributed by atoms with Gasteiger partial charge in [0.05, 0.1) is 12.8 Å². The molecule has 0 aliphatic rings. The van der Waals surface area contributed by atoms with Crippen molar-refractivity contribution in [1.29, 1.82) is 0 Å². The lowest BCUT2D eigenvalue weighted by Crippen LogP contribution is -2.04. The fraction of sp³-hybridized carbons (Fsp3) is 0.600. The summed E-state index contributed by atoms with van der Waals surface area (Å²) < 4.78 is 4.85. The number of aromatic nitrogens is 2. The van der Waals surface area contributed by atoms with Gasteiger partial charge in [0, 0.05) is 5.75 Å². The molecule has 4 nitrogen and oxygen atoms in total. The van der Waals surface area contributed by atoms with Gasteiger partial charge in [-0.25, -0.2) is 9.78 Å². The molecule has 0 aliphatic carbocycles. The minimum atomic E-state index is -0.346. The van der Waals surface area contributed by atoms with Gasteiger partial charge in [-0.15, -0.1) is 0 Å². The summed E-state index contributed by atoms with van der Waals surface area (Å²) in [5.74, 6) is 1.24. The van der Waals surface area contributed by atoms with Gasteiger partial charge in [-0.05, 0) is 12.8 Å². The number of hydrogen-bond acceptors (Lipinski definition) is 4. The van der Waals surface area contributed by atoms with Crippen molar-refractivity contribution in [3.05, 3.63) is 11.9 Å². The number of nitrogens with one attached hydrogen (secondary N) is 1. The molecule has 0 fully saturated rings. The number of ether oxygens (including phenoxy) is 1. The van der Waals surface area contributed by atoms with Crippen LogP contribution in [0, 0.1) is 5.92 Å². The van der Waals surface area contributed by atoms with Gasteiger partial charge in [0.1, 0.15) is 5.69 Å². The molecule has 1 heterocycles. The molecule has 0 atom stereocenters. The molecular formula is C10H16N2O2S. The number of esters is 1. The minimum Gasteiger partial charge on any atom is -0.461 e. The average Bonchev–Trinajstić information content (AvgIpc) is 2.63. The average molecular weight is 228 g/mol. The van der Waals surface area contributed by atoms with Crippen LogP contribution in [-0.2, 0) is 4.74 Å². The largest absolute Gasteiger partial charge is 0.461 e. The molecule has 15 heavy (non-hydrogen) atoms. The third-order valence-corrected chi connectivity index (χ3v) is 2.92. The number of H-pyrrole nitrogens is 1. The molecule has 0 aromatic carbocycles. The summed E-state index contributed by atoms with van der Waals surface area (Å²) in [7, 11) is 0. The van der Waals surface area contributed by atoms with Crippen LogP contribution < -0.4 is 0 Å². The maximum Gasteiger partial charge on any atom is 0.356 e. The van der Waals surface area contributed by atoms with Crippen LogP contribution >= 0.6 is 11.8 Å². The Morgan fingerprint density at radius 2 is 2.40 bits per heavy atom. The number of imidazole rings is 1. The molecule has 0 bridgehead atoms. The second kappa shape index (κ2) is 5.80. The predicted octanol–water partition coefficient (Wildman–Crippen LogP) is 2.33. The van der Waals surface area contributed by atoms with Crippen molar-refractivity contribution < 1.29 is 9.53 Å². The maximum absolute atomic E-state index is 11.3. The summed E-state index contributed by atoms with van der Waals surface area (Å²) in [6.45, 7) is 6.44. The molecule has 0 unspecified atom stereocenters. The molecule has 0 saturated carbocycles. The number of nitrogens with zero attached hydrogens (tertiary/aromatic N) is 1. The Labute approximate surface area is 93.8 Å². The van der Waals surface area contributed by atoms with Crippen molar-refractivity contribution in [2.24, 2.45) is 5.92 Å². The predicted molar refractivity (Wildman–Crippen MR) is 60.1 cm³/mol. The molecule has 1 aromatic rings. The molecule has 1 aromatic heterocycles. The summed E-state index contributed by atoms with van der Waals surface area (Å²) >= 11 is 1.61. The van der Waals surface area contributed by atoms with E-state index in [1.165, 1.54) is 6.20 Å². The fourth-order valence-corrected chi connectivity index (χ4v) is 1.74. The molecule has 5 heteroatoms. The molecule has 84 valence electrons. The van der Waals surface area contributed by atoms with Crippen molar-refractivity contribution >= 4 is 17.7 Å². The van der Waals surface area contributed by atoms with Gasteiger partial charge >= 0.3 is 5.97 Å². The van der Waals surface area contributed by atoms with Crippen LogP contribution in [0.4, 0.5) is 0 Å². The van der Waals surface area contributed by atoms with Gasteiger partial charge in [0.15, 0.2) is 5.16 Å². The number of carbonyl (C=O) groups is 1.